The minimum absolute atomic E-state index is 0.0136. The Morgan fingerprint density at radius 1 is 1.20 bits per heavy atom. The molecule has 4 rings (SSSR count). The molecule has 1 amide bonds. The van der Waals surface area contributed by atoms with Crippen molar-refractivity contribution in [1.29, 1.82) is 5.41 Å². The van der Waals surface area contributed by atoms with E-state index in [9.17, 15) is 14.4 Å². The predicted molar refractivity (Wildman–Crippen MR) is 132 cm³/mol. The summed E-state index contributed by atoms with van der Waals surface area (Å²) in [6, 6.07) is 12.7. The van der Waals surface area contributed by atoms with Gasteiger partial charge in [-0.3, -0.25) is 19.8 Å². The molecule has 0 radical (unpaired) electrons. The molecule has 1 aromatic heterocycles. The molecule has 35 heavy (non-hydrogen) atoms. The van der Waals surface area contributed by atoms with E-state index in [0.717, 1.165) is 11.1 Å². The van der Waals surface area contributed by atoms with E-state index in [4.69, 9.17) is 15.9 Å². The van der Waals surface area contributed by atoms with Crippen LogP contribution in [0, 0.1) is 5.41 Å². The summed E-state index contributed by atoms with van der Waals surface area (Å²) in [6.45, 7) is 1.90. The van der Waals surface area contributed by atoms with Gasteiger partial charge in [-0.25, -0.2) is 4.98 Å². The number of benzene rings is 2. The molecule has 0 atom stereocenters. The summed E-state index contributed by atoms with van der Waals surface area (Å²) in [4.78, 5) is 44.1. The Kier molecular flexibility index (Phi) is 6.43. The molecular formula is C26H29N5O4. The molecule has 9 heteroatoms. The molecule has 1 heterocycles. The van der Waals surface area contributed by atoms with Gasteiger partial charge in [0.15, 0.2) is 0 Å². The van der Waals surface area contributed by atoms with Crippen molar-refractivity contribution in [2.45, 2.75) is 31.6 Å². The Labute approximate surface area is 203 Å². The van der Waals surface area contributed by atoms with Gasteiger partial charge in [0, 0.05) is 26.1 Å². The molecule has 0 aliphatic heterocycles. The van der Waals surface area contributed by atoms with Crippen molar-refractivity contribution in [2.24, 2.45) is 12.8 Å². The zero-order chi connectivity index (χ0) is 25.3. The number of amides is 1. The van der Waals surface area contributed by atoms with Crippen molar-refractivity contribution in [2.75, 3.05) is 20.2 Å². The first kappa shape index (κ1) is 24.1. The number of carbonyl (C=O) groups excluding carboxylic acids is 2. The molecule has 0 saturated heterocycles. The minimum Gasteiger partial charge on any atom is -0.465 e. The lowest BCUT2D eigenvalue weighted by atomic mass is 9.93. The Balaban J connectivity index is 1.65. The average molecular weight is 476 g/mol. The van der Waals surface area contributed by atoms with Crippen LogP contribution in [0.25, 0.3) is 11.0 Å². The van der Waals surface area contributed by atoms with Crippen LogP contribution in [0.15, 0.2) is 47.3 Å². The average Bonchev–Trinajstić information content (AvgIpc) is 3.64. The number of nitrogen functional groups attached to an aromatic ring is 1. The number of amidine groups is 1. The van der Waals surface area contributed by atoms with Gasteiger partial charge in [-0.1, -0.05) is 30.3 Å². The predicted octanol–water partition coefficient (Wildman–Crippen LogP) is 1.86. The number of carbonyl (C=O) groups is 2. The van der Waals surface area contributed by atoms with Gasteiger partial charge in [0.1, 0.15) is 18.1 Å². The van der Waals surface area contributed by atoms with Crippen molar-refractivity contribution in [3.8, 4) is 0 Å². The Morgan fingerprint density at radius 3 is 2.49 bits per heavy atom. The monoisotopic (exact) mass is 475 g/mol. The standard InChI is InChI=1S/C26H29N5O4/c1-4-35-22(32)15-30(2)25(34)26(11-12-26)18-9-10-21-19(14-18)29-20(24(33)31(21)3)13-16-5-7-17(8-6-16)23(27)28/h5-10,14H,4,11-13,15H2,1-3H3,(H3,27,28). The first-order chi connectivity index (χ1) is 16.7. The smallest absolute Gasteiger partial charge is 0.325 e. The summed E-state index contributed by atoms with van der Waals surface area (Å²) in [5, 5.41) is 7.53. The highest BCUT2D eigenvalue weighted by Gasteiger charge is 2.52. The van der Waals surface area contributed by atoms with E-state index in [-0.39, 0.29) is 30.5 Å². The number of fused-ring (bicyclic) bond motifs is 1. The maximum Gasteiger partial charge on any atom is 0.325 e. The van der Waals surface area contributed by atoms with Crippen LogP contribution < -0.4 is 11.3 Å². The minimum atomic E-state index is -0.686. The summed E-state index contributed by atoms with van der Waals surface area (Å²) in [5.41, 5.74) is 8.67. The highest BCUT2D eigenvalue weighted by atomic mass is 16.5. The zero-order valence-electron chi connectivity index (χ0n) is 20.1. The fourth-order valence-electron chi connectivity index (χ4n) is 4.39. The van der Waals surface area contributed by atoms with E-state index in [0.29, 0.717) is 41.6 Å². The van der Waals surface area contributed by atoms with Gasteiger partial charge in [-0.2, -0.15) is 0 Å². The quantitative estimate of drug-likeness (QED) is 0.290. The molecule has 1 aliphatic carbocycles. The second kappa shape index (κ2) is 9.32. The maximum absolute atomic E-state index is 13.2. The van der Waals surface area contributed by atoms with E-state index >= 15 is 0 Å². The summed E-state index contributed by atoms with van der Waals surface area (Å²) in [7, 11) is 3.32. The molecule has 9 nitrogen and oxygen atoms in total. The van der Waals surface area contributed by atoms with Gasteiger partial charge in [0.2, 0.25) is 5.91 Å². The first-order valence-corrected chi connectivity index (χ1v) is 11.5. The fraction of sp³-hybridized carbons (Fsp3) is 0.346. The van der Waals surface area contributed by atoms with E-state index in [1.807, 2.05) is 30.3 Å². The lowest BCUT2D eigenvalue weighted by Gasteiger charge is -2.23. The lowest BCUT2D eigenvalue weighted by Crippen LogP contribution is -2.40. The Bertz CT molecular complexity index is 1370. The van der Waals surface area contributed by atoms with Crippen molar-refractivity contribution in [3.05, 3.63) is 75.2 Å². The summed E-state index contributed by atoms with van der Waals surface area (Å²) in [5.74, 6) is -0.573. The first-order valence-electron chi connectivity index (χ1n) is 11.5. The molecule has 0 bridgehead atoms. The number of hydrogen-bond donors (Lipinski definition) is 2. The second-order valence-corrected chi connectivity index (χ2v) is 8.96. The van der Waals surface area contributed by atoms with E-state index in [1.165, 1.54) is 4.90 Å². The number of aromatic nitrogens is 2. The number of esters is 1. The lowest BCUT2D eigenvalue weighted by molar-refractivity contribution is -0.148. The Hall–Kier alpha value is -4.01. The number of nitrogens with two attached hydrogens (primary N) is 1. The summed E-state index contributed by atoms with van der Waals surface area (Å²) in [6.07, 6.45) is 1.70. The van der Waals surface area contributed by atoms with Gasteiger partial charge in [-0.15, -0.1) is 0 Å². The Morgan fingerprint density at radius 2 is 1.89 bits per heavy atom. The molecule has 3 N–H and O–H groups in total. The van der Waals surface area contributed by atoms with Crippen LogP contribution in [-0.2, 0) is 33.2 Å². The van der Waals surface area contributed by atoms with Crippen LogP contribution in [0.1, 0.15) is 42.1 Å². The van der Waals surface area contributed by atoms with E-state index in [1.54, 1.807) is 37.7 Å². The number of rotatable bonds is 8. The highest BCUT2D eigenvalue weighted by Crippen LogP contribution is 2.49. The van der Waals surface area contributed by atoms with Crippen molar-refractivity contribution >= 4 is 28.7 Å². The van der Waals surface area contributed by atoms with E-state index < -0.39 is 11.4 Å². The molecule has 1 fully saturated rings. The zero-order valence-corrected chi connectivity index (χ0v) is 20.1. The second-order valence-electron chi connectivity index (χ2n) is 8.96. The molecule has 3 aromatic rings. The molecule has 1 aliphatic rings. The van der Waals surface area contributed by atoms with Crippen molar-refractivity contribution in [3.63, 3.8) is 0 Å². The van der Waals surface area contributed by atoms with Crippen molar-refractivity contribution < 1.29 is 14.3 Å². The summed E-state index contributed by atoms with van der Waals surface area (Å²) >= 11 is 0. The number of aryl methyl sites for hydroxylation is 1. The number of nitrogens with zero attached hydrogens (tertiary/aromatic N) is 3. The molecule has 0 unspecified atom stereocenters. The summed E-state index contributed by atoms with van der Waals surface area (Å²) < 4.78 is 6.54. The number of ether oxygens (including phenoxy) is 1. The van der Waals surface area contributed by atoms with Crippen LogP contribution in [0.5, 0.6) is 0 Å². The van der Waals surface area contributed by atoms with Gasteiger partial charge < -0.3 is 19.9 Å². The third-order valence-corrected chi connectivity index (χ3v) is 6.51. The van der Waals surface area contributed by atoms with Gasteiger partial charge >= 0.3 is 5.97 Å². The normalized spacial score (nSPS) is 13.9. The van der Waals surface area contributed by atoms with Crippen LogP contribution in [0.4, 0.5) is 0 Å². The van der Waals surface area contributed by atoms with E-state index in [2.05, 4.69) is 4.98 Å². The molecule has 1 saturated carbocycles. The third-order valence-electron chi connectivity index (χ3n) is 6.51. The fourth-order valence-corrected chi connectivity index (χ4v) is 4.39. The van der Waals surface area contributed by atoms with Crippen LogP contribution >= 0.6 is 0 Å². The van der Waals surface area contributed by atoms with Crippen LogP contribution in [0.2, 0.25) is 0 Å². The van der Waals surface area contributed by atoms with Crippen molar-refractivity contribution in [1.82, 2.24) is 14.5 Å². The number of hydrogen-bond acceptors (Lipinski definition) is 6. The van der Waals surface area contributed by atoms with Gasteiger partial charge in [-0.05, 0) is 43.0 Å². The molecule has 182 valence electrons. The number of nitrogens with one attached hydrogen (secondary N) is 1. The third kappa shape index (κ3) is 4.66. The molecule has 0 spiro atoms. The topological polar surface area (TPSA) is 131 Å². The maximum atomic E-state index is 13.2. The van der Waals surface area contributed by atoms with Crippen LogP contribution in [0.3, 0.4) is 0 Å². The molecular weight excluding hydrogens is 446 g/mol. The van der Waals surface area contributed by atoms with Crippen LogP contribution in [-0.4, -0.2) is 52.4 Å². The SMILES string of the molecule is CCOC(=O)CN(C)C(=O)C1(c2ccc3c(c2)nc(Cc2ccc(C(=N)N)cc2)c(=O)n3C)CC1. The number of likely N-dealkylation sites (N-methyl/N-ethyl adjacent to an activating group) is 1. The molecule has 2 aromatic carbocycles. The largest absolute Gasteiger partial charge is 0.465 e. The van der Waals surface area contributed by atoms with Gasteiger partial charge in [0.05, 0.1) is 23.1 Å². The highest BCUT2D eigenvalue weighted by molar-refractivity contribution is 5.95. The van der Waals surface area contributed by atoms with Gasteiger partial charge in [0.25, 0.3) is 5.56 Å².